The second-order valence-electron chi connectivity index (χ2n) is 6.43. The number of aromatic nitrogens is 4. The van der Waals surface area contributed by atoms with E-state index in [2.05, 4.69) is 26.7 Å². The average Bonchev–Trinajstić information content (AvgIpc) is 3.35. The number of benzene rings is 2. The summed E-state index contributed by atoms with van der Waals surface area (Å²) in [7, 11) is 1.67. The van der Waals surface area contributed by atoms with Gasteiger partial charge < -0.3 is 13.7 Å². The lowest BCUT2D eigenvalue weighted by Crippen LogP contribution is -2.01. The molecule has 0 bridgehead atoms. The minimum atomic E-state index is 0.644. The Labute approximate surface area is 174 Å². The predicted molar refractivity (Wildman–Crippen MR) is 114 cm³/mol. The van der Waals surface area contributed by atoms with E-state index in [-0.39, 0.29) is 0 Å². The summed E-state index contributed by atoms with van der Waals surface area (Å²) >= 11 is 1.60. The second-order valence-corrected chi connectivity index (χ2v) is 7.37. The number of rotatable bonds is 7. The molecule has 2 heterocycles. The van der Waals surface area contributed by atoms with E-state index in [9.17, 15) is 0 Å². The molecule has 0 aliphatic carbocycles. The van der Waals surface area contributed by atoms with Gasteiger partial charge in [0.1, 0.15) is 11.5 Å². The van der Waals surface area contributed by atoms with Gasteiger partial charge in [0.05, 0.1) is 18.4 Å². The molecule has 0 amide bonds. The van der Waals surface area contributed by atoms with Gasteiger partial charge in [0.15, 0.2) is 11.0 Å². The van der Waals surface area contributed by atoms with Crippen LogP contribution in [-0.2, 0) is 12.3 Å². The lowest BCUT2D eigenvalue weighted by molar-refractivity contribution is 0.416. The van der Waals surface area contributed by atoms with E-state index in [1.54, 1.807) is 18.9 Å². The molecule has 2 aromatic carbocycles. The molecule has 2 aromatic heterocycles. The van der Waals surface area contributed by atoms with Crippen LogP contribution in [0.4, 0.5) is 0 Å². The molecule has 29 heavy (non-hydrogen) atoms. The first-order valence-corrected chi connectivity index (χ1v) is 10.4. The van der Waals surface area contributed by atoms with Gasteiger partial charge in [0.2, 0.25) is 5.89 Å². The number of oxazole rings is 1. The number of aryl methyl sites for hydroxylation is 1. The molecule has 6 nitrogen and oxygen atoms in total. The third-order valence-electron chi connectivity index (χ3n) is 4.63. The zero-order chi connectivity index (χ0) is 20.2. The van der Waals surface area contributed by atoms with Gasteiger partial charge in [0.25, 0.3) is 0 Å². The monoisotopic (exact) mass is 406 g/mol. The molecule has 0 saturated carbocycles. The van der Waals surface area contributed by atoms with Crippen molar-refractivity contribution in [2.24, 2.45) is 0 Å². The van der Waals surface area contributed by atoms with Crippen LogP contribution in [0.15, 0.2) is 64.2 Å². The van der Waals surface area contributed by atoms with Crippen LogP contribution in [0, 0.1) is 6.92 Å². The summed E-state index contributed by atoms with van der Waals surface area (Å²) in [5, 5.41) is 9.68. The standard InChI is InChI=1S/C22H22N4O2S/c1-4-26-20(17-12-8-9-13-19(17)27-3)24-25-22(26)29-14-18-15(2)28-21(23-18)16-10-6-5-7-11-16/h5-13H,4,14H2,1-3H3. The van der Waals surface area contributed by atoms with Crippen molar-refractivity contribution in [3.63, 3.8) is 0 Å². The normalized spacial score (nSPS) is 11.0. The summed E-state index contributed by atoms with van der Waals surface area (Å²) in [6.45, 7) is 4.79. The van der Waals surface area contributed by atoms with Crippen molar-refractivity contribution < 1.29 is 9.15 Å². The lowest BCUT2D eigenvalue weighted by atomic mass is 10.2. The molecule has 0 aliphatic rings. The quantitative estimate of drug-likeness (QED) is 0.392. The summed E-state index contributed by atoms with van der Waals surface area (Å²) in [5.41, 5.74) is 2.82. The molecule has 4 rings (SSSR count). The Kier molecular flexibility index (Phi) is 5.67. The van der Waals surface area contributed by atoms with Crippen LogP contribution in [-0.4, -0.2) is 26.9 Å². The van der Waals surface area contributed by atoms with E-state index in [1.165, 1.54) is 0 Å². The Morgan fingerprint density at radius 3 is 2.55 bits per heavy atom. The summed E-state index contributed by atoms with van der Waals surface area (Å²) in [4.78, 5) is 4.68. The highest BCUT2D eigenvalue weighted by atomic mass is 32.2. The fourth-order valence-electron chi connectivity index (χ4n) is 3.11. The number of ether oxygens (including phenoxy) is 1. The van der Waals surface area contributed by atoms with E-state index < -0.39 is 0 Å². The smallest absolute Gasteiger partial charge is 0.226 e. The van der Waals surface area contributed by atoms with Crippen LogP contribution in [0.5, 0.6) is 5.75 Å². The molecular formula is C22H22N4O2S. The number of hydrogen-bond donors (Lipinski definition) is 0. The van der Waals surface area contributed by atoms with E-state index in [0.717, 1.165) is 45.9 Å². The second kappa shape index (κ2) is 8.53. The fourth-order valence-corrected chi connectivity index (χ4v) is 4.11. The van der Waals surface area contributed by atoms with Crippen molar-refractivity contribution in [1.82, 2.24) is 19.7 Å². The summed E-state index contributed by atoms with van der Waals surface area (Å²) in [6, 6.07) is 17.8. The number of methoxy groups -OCH3 is 1. The van der Waals surface area contributed by atoms with Crippen molar-refractivity contribution in [3.05, 3.63) is 66.1 Å². The molecule has 0 aliphatic heterocycles. The van der Waals surface area contributed by atoms with E-state index in [0.29, 0.717) is 11.6 Å². The number of thioether (sulfide) groups is 1. The van der Waals surface area contributed by atoms with Gasteiger partial charge in [-0.15, -0.1) is 10.2 Å². The third-order valence-corrected chi connectivity index (χ3v) is 5.61. The van der Waals surface area contributed by atoms with Crippen LogP contribution < -0.4 is 4.74 Å². The molecule has 7 heteroatoms. The maximum atomic E-state index is 5.87. The van der Waals surface area contributed by atoms with Gasteiger partial charge in [0, 0.05) is 17.9 Å². The van der Waals surface area contributed by atoms with Crippen molar-refractivity contribution in [2.75, 3.05) is 7.11 Å². The van der Waals surface area contributed by atoms with Crippen LogP contribution in [0.25, 0.3) is 22.8 Å². The Bertz CT molecular complexity index is 1110. The lowest BCUT2D eigenvalue weighted by Gasteiger charge is -2.10. The van der Waals surface area contributed by atoms with E-state index in [4.69, 9.17) is 9.15 Å². The zero-order valence-electron chi connectivity index (χ0n) is 16.6. The third kappa shape index (κ3) is 3.91. The average molecular weight is 407 g/mol. The highest BCUT2D eigenvalue weighted by molar-refractivity contribution is 7.98. The minimum absolute atomic E-state index is 0.644. The number of nitrogens with zero attached hydrogens (tertiary/aromatic N) is 4. The maximum absolute atomic E-state index is 5.87. The summed E-state index contributed by atoms with van der Waals surface area (Å²) < 4.78 is 13.4. The van der Waals surface area contributed by atoms with Crippen molar-refractivity contribution in [2.45, 2.75) is 31.3 Å². The number of hydrogen-bond acceptors (Lipinski definition) is 6. The molecule has 0 unspecified atom stereocenters. The number of para-hydroxylation sites is 1. The van der Waals surface area contributed by atoms with E-state index >= 15 is 0 Å². The molecule has 0 N–H and O–H groups in total. The van der Waals surface area contributed by atoms with Gasteiger partial charge in [-0.2, -0.15) is 0 Å². The maximum Gasteiger partial charge on any atom is 0.226 e. The summed E-state index contributed by atoms with van der Waals surface area (Å²) in [6.07, 6.45) is 0. The summed E-state index contributed by atoms with van der Waals surface area (Å²) in [5.74, 6) is 3.71. The van der Waals surface area contributed by atoms with Crippen LogP contribution >= 0.6 is 11.8 Å². The van der Waals surface area contributed by atoms with Crippen molar-refractivity contribution in [3.8, 4) is 28.6 Å². The fraction of sp³-hybridized carbons (Fsp3) is 0.227. The molecule has 0 spiro atoms. The minimum Gasteiger partial charge on any atom is -0.496 e. The predicted octanol–water partition coefficient (Wildman–Crippen LogP) is 5.23. The SMILES string of the molecule is CCn1c(SCc2nc(-c3ccccc3)oc2C)nnc1-c1ccccc1OC. The zero-order valence-corrected chi connectivity index (χ0v) is 17.4. The highest BCUT2D eigenvalue weighted by Crippen LogP contribution is 2.32. The highest BCUT2D eigenvalue weighted by Gasteiger charge is 2.18. The largest absolute Gasteiger partial charge is 0.496 e. The first-order valence-electron chi connectivity index (χ1n) is 9.42. The van der Waals surface area contributed by atoms with Crippen molar-refractivity contribution in [1.29, 1.82) is 0 Å². The molecule has 4 aromatic rings. The Morgan fingerprint density at radius 2 is 1.79 bits per heavy atom. The molecule has 148 valence electrons. The molecule has 0 fully saturated rings. The van der Waals surface area contributed by atoms with Gasteiger partial charge >= 0.3 is 0 Å². The Morgan fingerprint density at radius 1 is 1.03 bits per heavy atom. The van der Waals surface area contributed by atoms with Gasteiger partial charge in [-0.3, -0.25) is 0 Å². The first-order chi connectivity index (χ1) is 14.2. The van der Waals surface area contributed by atoms with Crippen molar-refractivity contribution >= 4 is 11.8 Å². The Hall–Kier alpha value is -3.06. The molecule has 0 radical (unpaired) electrons. The van der Waals surface area contributed by atoms with Gasteiger partial charge in [-0.25, -0.2) is 4.98 Å². The van der Waals surface area contributed by atoms with Crippen LogP contribution in [0.3, 0.4) is 0 Å². The van der Waals surface area contributed by atoms with Gasteiger partial charge in [-0.1, -0.05) is 42.1 Å². The molecular weight excluding hydrogens is 384 g/mol. The van der Waals surface area contributed by atoms with Gasteiger partial charge in [-0.05, 0) is 38.1 Å². The molecule has 0 atom stereocenters. The molecule has 0 saturated heterocycles. The van der Waals surface area contributed by atoms with Crippen LogP contribution in [0.2, 0.25) is 0 Å². The first kappa shape index (κ1) is 19.3. The van der Waals surface area contributed by atoms with Crippen LogP contribution in [0.1, 0.15) is 18.4 Å². The van der Waals surface area contributed by atoms with E-state index in [1.807, 2.05) is 61.5 Å². The topological polar surface area (TPSA) is 66.0 Å². The Balaban J connectivity index is 1.57.